The quantitative estimate of drug-likeness (QED) is 0.470. The van der Waals surface area contributed by atoms with Gasteiger partial charge >= 0.3 is 11.9 Å². The molecule has 0 unspecified atom stereocenters. The molecule has 0 aliphatic carbocycles. The zero-order valence-electron chi connectivity index (χ0n) is 10.8. The van der Waals surface area contributed by atoms with Gasteiger partial charge in [0.25, 0.3) is 0 Å². The van der Waals surface area contributed by atoms with Crippen molar-refractivity contribution in [2.75, 3.05) is 7.11 Å². The number of ether oxygens (including phenoxy) is 2. The summed E-state index contributed by atoms with van der Waals surface area (Å²) in [4.78, 5) is 27.1. The number of hydrogen-bond acceptors (Lipinski definition) is 5. The number of carbonyl (C=O) groups excluding carboxylic acids is 2. The Kier molecular flexibility index (Phi) is 4.93. The Morgan fingerprint density at radius 2 is 1.86 bits per heavy atom. The second-order valence-corrected chi connectivity index (χ2v) is 5.17. The first-order valence-electron chi connectivity index (χ1n) is 5.73. The second kappa shape index (κ2) is 6.69. The molecular formula is C14H9BrClNO4. The monoisotopic (exact) mass is 369 g/mol. The number of benzene rings is 1. The fourth-order valence-electron chi connectivity index (χ4n) is 1.50. The molecule has 2 rings (SSSR count). The number of pyridine rings is 1. The van der Waals surface area contributed by atoms with Gasteiger partial charge in [-0.05, 0) is 46.3 Å². The molecule has 0 bridgehead atoms. The van der Waals surface area contributed by atoms with Gasteiger partial charge in [-0.1, -0.05) is 11.6 Å². The summed E-state index contributed by atoms with van der Waals surface area (Å²) in [5.74, 6) is -0.824. The highest BCUT2D eigenvalue weighted by molar-refractivity contribution is 9.10. The molecule has 1 aromatic heterocycles. The number of hydrogen-bond donors (Lipinski definition) is 0. The van der Waals surface area contributed by atoms with Crippen LogP contribution >= 0.6 is 27.5 Å². The molecule has 1 aromatic carbocycles. The van der Waals surface area contributed by atoms with E-state index in [9.17, 15) is 9.59 Å². The zero-order valence-corrected chi connectivity index (χ0v) is 13.1. The van der Waals surface area contributed by atoms with Gasteiger partial charge in [-0.25, -0.2) is 14.6 Å². The molecule has 21 heavy (non-hydrogen) atoms. The van der Waals surface area contributed by atoms with Crippen LogP contribution in [0.4, 0.5) is 0 Å². The lowest BCUT2D eigenvalue weighted by molar-refractivity contribution is 0.0600. The second-order valence-electron chi connectivity index (χ2n) is 3.90. The number of rotatable bonds is 3. The molecule has 0 saturated heterocycles. The van der Waals surface area contributed by atoms with Gasteiger partial charge in [0.05, 0.1) is 18.2 Å². The highest BCUT2D eigenvalue weighted by atomic mass is 79.9. The number of carbonyl (C=O) groups is 2. The third-order valence-electron chi connectivity index (χ3n) is 2.51. The minimum absolute atomic E-state index is 0.0504. The first-order chi connectivity index (χ1) is 10.0. The van der Waals surface area contributed by atoms with E-state index in [4.69, 9.17) is 16.3 Å². The fraction of sp³-hybridized carbons (Fsp3) is 0.0714. The van der Waals surface area contributed by atoms with E-state index in [0.29, 0.717) is 10.0 Å². The zero-order chi connectivity index (χ0) is 15.4. The van der Waals surface area contributed by atoms with Gasteiger partial charge in [0.2, 0.25) is 0 Å². The summed E-state index contributed by atoms with van der Waals surface area (Å²) in [6.07, 6.45) is 1.48. The Hall–Kier alpha value is -1.92. The van der Waals surface area contributed by atoms with Gasteiger partial charge in [-0.3, -0.25) is 0 Å². The lowest BCUT2D eigenvalue weighted by Crippen LogP contribution is -2.10. The van der Waals surface area contributed by atoms with Crippen LogP contribution in [0.15, 0.2) is 41.0 Å². The van der Waals surface area contributed by atoms with Crippen molar-refractivity contribution in [1.29, 1.82) is 0 Å². The summed E-state index contributed by atoms with van der Waals surface area (Å²) in [6.45, 7) is 0. The van der Waals surface area contributed by atoms with E-state index in [0.717, 1.165) is 0 Å². The van der Waals surface area contributed by atoms with E-state index < -0.39 is 11.9 Å². The number of aromatic nitrogens is 1. The smallest absolute Gasteiger partial charge is 0.346 e. The van der Waals surface area contributed by atoms with Gasteiger partial charge in [-0.15, -0.1) is 0 Å². The van der Waals surface area contributed by atoms with Crippen LogP contribution in [-0.4, -0.2) is 24.0 Å². The van der Waals surface area contributed by atoms with Crippen LogP contribution in [0.1, 0.15) is 20.7 Å². The topological polar surface area (TPSA) is 65.5 Å². The minimum atomic E-state index is -0.639. The van der Waals surface area contributed by atoms with Crippen molar-refractivity contribution in [2.24, 2.45) is 0 Å². The molecule has 0 radical (unpaired) electrons. The van der Waals surface area contributed by atoms with Crippen LogP contribution in [0.5, 0.6) is 5.75 Å². The Bertz CT molecular complexity index is 688. The van der Waals surface area contributed by atoms with E-state index in [1.807, 2.05) is 0 Å². The molecule has 5 nitrogen and oxygen atoms in total. The molecule has 0 saturated carbocycles. The summed E-state index contributed by atoms with van der Waals surface area (Å²) in [5.41, 5.74) is 0.502. The number of halogens is 2. The third-order valence-corrected chi connectivity index (χ3v) is 3.25. The largest absolute Gasteiger partial charge is 0.465 e. The van der Waals surface area contributed by atoms with Crippen LogP contribution in [-0.2, 0) is 4.74 Å². The molecule has 0 aliphatic heterocycles. The van der Waals surface area contributed by atoms with Crippen molar-refractivity contribution in [3.63, 3.8) is 0 Å². The molecular weight excluding hydrogens is 362 g/mol. The standard InChI is InChI=1S/C14H9BrClNO4/c1-20-13(18)8-2-4-10(5-3-8)21-14(19)11-6-9(15)7-17-12(11)16/h2-7H,1H3. The summed E-state index contributed by atoms with van der Waals surface area (Å²) >= 11 is 9.05. The van der Waals surface area contributed by atoms with Crippen LogP contribution < -0.4 is 4.74 Å². The average molecular weight is 371 g/mol. The first kappa shape index (κ1) is 15.5. The molecule has 0 fully saturated rings. The summed E-state index contributed by atoms with van der Waals surface area (Å²) in [5, 5.41) is 0.0504. The lowest BCUT2D eigenvalue weighted by atomic mass is 10.2. The van der Waals surface area contributed by atoms with Crippen LogP contribution in [0.2, 0.25) is 5.15 Å². The van der Waals surface area contributed by atoms with Gasteiger partial charge < -0.3 is 9.47 Å². The van der Waals surface area contributed by atoms with Crippen molar-refractivity contribution >= 4 is 39.5 Å². The molecule has 108 valence electrons. The Balaban J connectivity index is 2.16. The predicted octanol–water partition coefficient (Wildman–Crippen LogP) is 3.50. The van der Waals surface area contributed by atoms with E-state index >= 15 is 0 Å². The molecule has 0 amide bonds. The average Bonchev–Trinajstić information content (AvgIpc) is 2.49. The number of esters is 2. The maximum Gasteiger partial charge on any atom is 0.346 e. The normalized spacial score (nSPS) is 10.0. The van der Waals surface area contributed by atoms with Gasteiger partial charge in [0.1, 0.15) is 10.9 Å². The van der Waals surface area contributed by atoms with E-state index in [2.05, 4.69) is 25.7 Å². The molecule has 0 spiro atoms. The SMILES string of the molecule is COC(=O)c1ccc(OC(=O)c2cc(Br)cnc2Cl)cc1. The molecule has 7 heteroatoms. The van der Waals surface area contributed by atoms with Gasteiger partial charge in [-0.2, -0.15) is 0 Å². The van der Waals surface area contributed by atoms with Crippen molar-refractivity contribution in [1.82, 2.24) is 4.98 Å². The van der Waals surface area contributed by atoms with E-state index in [1.165, 1.54) is 43.6 Å². The Morgan fingerprint density at radius 1 is 1.19 bits per heavy atom. The summed E-state index contributed by atoms with van der Waals surface area (Å²) in [7, 11) is 1.29. The van der Waals surface area contributed by atoms with Crippen LogP contribution in [0, 0.1) is 0 Å². The van der Waals surface area contributed by atoms with Crippen LogP contribution in [0.25, 0.3) is 0 Å². The van der Waals surface area contributed by atoms with E-state index in [-0.39, 0.29) is 16.5 Å². The van der Waals surface area contributed by atoms with Crippen molar-refractivity contribution in [2.45, 2.75) is 0 Å². The van der Waals surface area contributed by atoms with E-state index in [1.54, 1.807) is 0 Å². The molecule has 0 N–H and O–H groups in total. The van der Waals surface area contributed by atoms with Crippen LogP contribution in [0.3, 0.4) is 0 Å². The third kappa shape index (κ3) is 3.80. The lowest BCUT2D eigenvalue weighted by Gasteiger charge is -2.06. The molecule has 1 heterocycles. The number of methoxy groups -OCH3 is 1. The summed E-state index contributed by atoms with van der Waals surface area (Å²) in [6, 6.07) is 7.48. The van der Waals surface area contributed by atoms with Crippen molar-refractivity contribution in [3.8, 4) is 5.75 Å². The fourth-order valence-corrected chi connectivity index (χ4v) is 2.02. The Labute approximate surface area is 134 Å². The van der Waals surface area contributed by atoms with Crippen molar-refractivity contribution < 1.29 is 19.1 Å². The Morgan fingerprint density at radius 3 is 2.48 bits per heavy atom. The maximum absolute atomic E-state index is 12.0. The first-order valence-corrected chi connectivity index (χ1v) is 6.90. The molecule has 0 atom stereocenters. The highest BCUT2D eigenvalue weighted by Crippen LogP contribution is 2.21. The minimum Gasteiger partial charge on any atom is -0.465 e. The maximum atomic E-state index is 12.0. The highest BCUT2D eigenvalue weighted by Gasteiger charge is 2.15. The summed E-state index contributed by atoms with van der Waals surface area (Å²) < 4.78 is 10.4. The van der Waals surface area contributed by atoms with Gasteiger partial charge in [0.15, 0.2) is 0 Å². The van der Waals surface area contributed by atoms with Crippen molar-refractivity contribution in [3.05, 3.63) is 57.3 Å². The predicted molar refractivity (Wildman–Crippen MR) is 79.7 cm³/mol. The van der Waals surface area contributed by atoms with Gasteiger partial charge in [0, 0.05) is 10.7 Å². The molecule has 0 aliphatic rings. The number of nitrogens with zero attached hydrogens (tertiary/aromatic N) is 1. The molecule has 2 aromatic rings.